The Bertz CT molecular complexity index is 599. The Labute approximate surface area is 109 Å². The highest BCUT2D eigenvalue weighted by Crippen LogP contribution is 2.15. The Hall–Kier alpha value is -2.50. The lowest BCUT2D eigenvalue weighted by atomic mass is 10.2. The fraction of sp³-hybridized carbons (Fsp3) is 0.154. The van der Waals surface area contributed by atoms with Crippen LogP contribution in [0, 0.1) is 12.7 Å². The molecule has 0 fully saturated rings. The van der Waals surface area contributed by atoms with Crippen LogP contribution in [0.1, 0.15) is 16.1 Å². The first kappa shape index (κ1) is 12.9. The number of benzene rings is 1. The van der Waals surface area contributed by atoms with Crippen molar-refractivity contribution in [2.24, 2.45) is 0 Å². The molecule has 0 bridgehead atoms. The number of hydrogen-bond acceptors (Lipinski definition) is 5. The van der Waals surface area contributed by atoms with Gasteiger partial charge in [-0.2, -0.15) is 4.98 Å². The van der Waals surface area contributed by atoms with E-state index in [1.54, 1.807) is 6.92 Å². The number of aryl methyl sites for hydroxylation is 1. The molecule has 0 amide bonds. The van der Waals surface area contributed by atoms with Crippen molar-refractivity contribution < 1.29 is 18.7 Å². The molecule has 1 aromatic heterocycles. The van der Waals surface area contributed by atoms with Gasteiger partial charge in [0.25, 0.3) is 0 Å². The van der Waals surface area contributed by atoms with Crippen molar-refractivity contribution in [3.63, 3.8) is 0 Å². The molecule has 0 aliphatic heterocycles. The molecule has 0 spiro atoms. The number of nitrogens with zero attached hydrogens (tertiary/aromatic N) is 2. The van der Waals surface area contributed by atoms with E-state index in [1.165, 1.54) is 37.4 Å². The van der Waals surface area contributed by atoms with Crippen molar-refractivity contribution in [3.05, 3.63) is 47.4 Å². The van der Waals surface area contributed by atoms with Gasteiger partial charge in [0, 0.05) is 11.8 Å². The summed E-state index contributed by atoms with van der Waals surface area (Å²) >= 11 is 0. The van der Waals surface area contributed by atoms with E-state index in [4.69, 9.17) is 9.47 Å². The Kier molecular flexibility index (Phi) is 3.70. The van der Waals surface area contributed by atoms with Crippen molar-refractivity contribution in [3.8, 4) is 11.9 Å². The maximum absolute atomic E-state index is 12.7. The molecule has 0 saturated carbocycles. The van der Waals surface area contributed by atoms with Gasteiger partial charge in [-0.3, -0.25) is 0 Å². The number of esters is 1. The van der Waals surface area contributed by atoms with Crippen LogP contribution in [0.25, 0.3) is 0 Å². The third-order valence-electron chi connectivity index (χ3n) is 2.27. The maximum atomic E-state index is 12.7. The second-order valence-corrected chi connectivity index (χ2v) is 3.73. The SMILES string of the molecule is COc1nc(C)cc(OC(=O)c2ccc(F)cc2)n1. The fourth-order valence-corrected chi connectivity index (χ4v) is 1.40. The predicted octanol–water partition coefficient (Wildman–Crippen LogP) is 2.15. The van der Waals surface area contributed by atoms with E-state index < -0.39 is 11.8 Å². The molecule has 2 aromatic rings. The lowest BCUT2D eigenvalue weighted by molar-refractivity contribution is 0.0726. The zero-order valence-electron chi connectivity index (χ0n) is 10.4. The summed E-state index contributed by atoms with van der Waals surface area (Å²) in [6, 6.07) is 6.66. The molecule has 0 N–H and O–H groups in total. The Balaban J connectivity index is 2.18. The summed E-state index contributed by atoms with van der Waals surface area (Å²) in [6.45, 7) is 1.72. The molecule has 0 aliphatic carbocycles. The molecule has 0 atom stereocenters. The van der Waals surface area contributed by atoms with Gasteiger partial charge < -0.3 is 9.47 Å². The molecule has 6 heteroatoms. The van der Waals surface area contributed by atoms with Gasteiger partial charge in [0.15, 0.2) is 0 Å². The van der Waals surface area contributed by atoms with Crippen LogP contribution in [0.5, 0.6) is 11.9 Å². The van der Waals surface area contributed by atoms with Crippen LogP contribution >= 0.6 is 0 Å². The third kappa shape index (κ3) is 3.25. The molecule has 0 saturated heterocycles. The fourth-order valence-electron chi connectivity index (χ4n) is 1.40. The van der Waals surface area contributed by atoms with Gasteiger partial charge in [0.1, 0.15) is 5.82 Å². The standard InChI is InChI=1S/C13H11FN2O3/c1-8-7-11(16-13(15-8)18-2)19-12(17)9-3-5-10(14)6-4-9/h3-7H,1-2H3. The molecule has 19 heavy (non-hydrogen) atoms. The number of carbonyl (C=O) groups excluding carboxylic acids is 1. The van der Waals surface area contributed by atoms with Gasteiger partial charge in [-0.25, -0.2) is 14.2 Å². The highest BCUT2D eigenvalue weighted by Gasteiger charge is 2.11. The van der Waals surface area contributed by atoms with E-state index in [1.807, 2.05) is 0 Å². The predicted molar refractivity (Wildman–Crippen MR) is 64.7 cm³/mol. The van der Waals surface area contributed by atoms with Gasteiger partial charge in [-0.05, 0) is 31.2 Å². The Morgan fingerprint density at radius 2 is 1.89 bits per heavy atom. The van der Waals surface area contributed by atoms with E-state index in [2.05, 4.69) is 9.97 Å². The lowest BCUT2D eigenvalue weighted by Gasteiger charge is -2.05. The number of ether oxygens (including phenoxy) is 2. The molecule has 2 rings (SSSR count). The maximum Gasteiger partial charge on any atom is 0.344 e. The van der Waals surface area contributed by atoms with Crippen molar-refractivity contribution in [1.29, 1.82) is 0 Å². The van der Waals surface area contributed by atoms with Crippen LogP contribution in [0.3, 0.4) is 0 Å². The van der Waals surface area contributed by atoms with Gasteiger partial charge >= 0.3 is 12.0 Å². The summed E-state index contributed by atoms with van der Waals surface area (Å²) in [5.74, 6) is -0.963. The summed E-state index contributed by atoms with van der Waals surface area (Å²) in [5.41, 5.74) is 0.838. The van der Waals surface area contributed by atoms with Crippen LogP contribution < -0.4 is 9.47 Å². The van der Waals surface area contributed by atoms with E-state index in [-0.39, 0.29) is 17.5 Å². The zero-order valence-corrected chi connectivity index (χ0v) is 10.4. The van der Waals surface area contributed by atoms with E-state index in [0.717, 1.165) is 0 Å². The van der Waals surface area contributed by atoms with Crippen molar-refractivity contribution in [2.45, 2.75) is 6.92 Å². The minimum atomic E-state index is -0.625. The summed E-state index contributed by atoms with van der Waals surface area (Å²) in [7, 11) is 1.42. The molecule has 0 unspecified atom stereocenters. The largest absolute Gasteiger partial charge is 0.467 e. The molecule has 0 radical (unpaired) electrons. The topological polar surface area (TPSA) is 61.3 Å². The van der Waals surface area contributed by atoms with Gasteiger partial charge in [-0.1, -0.05) is 0 Å². The summed E-state index contributed by atoms with van der Waals surface area (Å²) in [5, 5.41) is 0. The van der Waals surface area contributed by atoms with Gasteiger partial charge in [0.2, 0.25) is 5.88 Å². The average molecular weight is 262 g/mol. The van der Waals surface area contributed by atoms with Crippen molar-refractivity contribution in [2.75, 3.05) is 7.11 Å². The van der Waals surface area contributed by atoms with Crippen molar-refractivity contribution >= 4 is 5.97 Å². The zero-order chi connectivity index (χ0) is 13.8. The first-order valence-corrected chi connectivity index (χ1v) is 5.46. The quantitative estimate of drug-likeness (QED) is 0.793. The smallest absolute Gasteiger partial charge is 0.344 e. The molecule has 5 nitrogen and oxygen atoms in total. The minimum Gasteiger partial charge on any atom is -0.467 e. The van der Waals surface area contributed by atoms with E-state index in [9.17, 15) is 9.18 Å². The molecule has 0 aliphatic rings. The average Bonchev–Trinajstić information content (AvgIpc) is 2.38. The molecular weight excluding hydrogens is 251 g/mol. The Morgan fingerprint density at radius 1 is 1.21 bits per heavy atom. The number of methoxy groups -OCH3 is 1. The monoisotopic (exact) mass is 262 g/mol. The number of hydrogen-bond donors (Lipinski definition) is 0. The second-order valence-electron chi connectivity index (χ2n) is 3.73. The van der Waals surface area contributed by atoms with E-state index >= 15 is 0 Å². The van der Waals surface area contributed by atoms with Crippen LogP contribution in [0.15, 0.2) is 30.3 Å². The number of aromatic nitrogens is 2. The Morgan fingerprint density at radius 3 is 2.53 bits per heavy atom. The first-order valence-electron chi connectivity index (χ1n) is 5.46. The summed E-state index contributed by atoms with van der Waals surface area (Å²) in [6.07, 6.45) is 0. The molecular formula is C13H11FN2O3. The third-order valence-corrected chi connectivity index (χ3v) is 2.27. The number of carbonyl (C=O) groups is 1. The van der Waals surface area contributed by atoms with Crippen molar-refractivity contribution in [1.82, 2.24) is 9.97 Å². The molecule has 1 heterocycles. The highest BCUT2D eigenvalue weighted by molar-refractivity contribution is 5.90. The molecule has 98 valence electrons. The van der Waals surface area contributed by atoms with Crippen LogP contribution in [0.4, 0.5) is 4.39 Å². The minimum absolute atomic E-state index is 0.0821. The van der Waals surface area contributed by atoms with Crippen LogP contribution in [-0.2, 0) is 0 Å². The second kappa shape index (κ2) is 5.43. The van der Waals surface area contributed by atoms with Gasteiger partial charge in [-0.15, -0.1) is 0 Å². The number of rotatable bonds is 3. The van der Waals surface area contributed by atoms with Crippen LogP contribution in [-0.4, -0.2) is 23.0 Å². The molecule has 1 aromatic carbocycles. The summed E-state index contributed by atoms with van der Waals surface area (Å²) in [4.78, 5) is 19.6. The van der Waals surface area contributed by atoms with Gasteiger partial charge in [0.05, 0.1) is 12.7 Å². The normalized spacial score (nSPS) is 10.1. The summed E-state index contributed by atoms with van der Waals surface area (Å²) < 4.78 is 22.7. The lowest BCUT2D eigenvalue weighted by Crippen LogP contribution is -2.10. The highest BCUT2D eigenvalue weighted by atomic mass is 19.1. The van der Waals surface area contributed by atoms with Crippen LogP contribution in [0.2, 0.25) is 0 Å². The van der Waals surface area contributed by atoms with E-state index in [0.29, 0.717) is 5.69 Å². The number of halogens is 1. The first-order chi connectivity index (χ1) is 9.08.